The highest BCUT2D eigenvalue weighted by Gasteiger charge is 2.43. The molecule has 0 saturated heterocycles. The minimum absolute atomic E-state index is 0.916. The van der Waals surface area contributed by atoms with E-state index in [1.807, 2.05) is 0 Å². The molecule has 13 aromatic carbocycles. The highest BCUT2D eigenvalue weighted by Crippen LogP contribution is 2.36. The molecule has 0 N–H and O–H groups in total. The third-order valence-electron chi connectivity index (χ3n) is 17.5. The first-order valence-corrected chi connectivity index (χ1v) is 34.1. The summed E-state index contributed by atoms with van der Waals surface area (Å²) in [5.41, 5.74) is 12.8. The molecule has 0 amide bonds. The zero-order chi connectivity index (χ0) is 58.9. The van der Waals surface area contributed by atoms with Gasteiger partial charge in [-0.15, -0.1) is 0 Å². The maximum Gasteiger partial charge on any atom is 0.179 e. The van der Waals surface area contributed by atoms with Crippen LogP contribution in [0.5, 0.6) is 0 Å². The van der Waals surface area contributed by atoms with Crippen LogP contribution in [-0.4, -0.2) is 35.2 Å². The quantitative estimate of drug-likeness (QED) is 0.0758. The number of fused-ring (bicyclic) bond motifs is 2. The van der Waals surface area contributed by atoms with Gasteiger partial charge >= 0.3 is 0 Å². The molecule has 0 unspecified atom stereocenters. The van der Waals surface area contributed by atoms with E-state index in [1.165, 1.54) is 47.1 Å². The van der Waals surface area contributed by atoms with Gasteiger partial charge < -0.3 is 4.90 Å². The van der Waals surface area contributed by atoms with Gasteiger partial charge in [0, 0.05) is 39.6 Å². The minimum Gasteiger partial charge on any atom is -0.311 e. The van der Waals surface area contributed by atoms with Gasteiger partial charge in [-0.05, 0) is 133 Å². The molecule has 15 rings (SSSR count). The Morgan fingerprint density at radius 3 is 0.818 bits per heavy atom. The summed E-state index contributed by atoms with van der Waals surface area (Å²) in [6.45, 7) is 2.16. The van der Waals surface area contributed by atoms with Crippen molar-refractivity contribution in [2.45, 2.75) is 6.92 Å². The average Bonchev–Trinajstić information content (AvgIpc) is 1.66. The molecule has 2 heterocycles. The van der Waals surface area contributed by atoms with Crippen LogP contribution in [0.3, 0.4) is 0 Å². The molecule has 15 aromatic rings. The highest BCUT2D eigenvalue weighted by atomic mass is 28.3. The molecule has 0 bridgehead atoms. The molecule has 88 heavy (non-hydrogen) atoms. The van der Waals surface area contributed by atoms with Crippen molar-refractivity contribution in [2.24, 2.45) is 0 Å². The number of hydrogen-bond donors (Lipinski definition) is 0. The first-order chi connectivity index (χ1) is 43.6. The molecule has 0 aliphatic rings. The Kier molecular flexibility index (Phi) is 14.1. The summed E-state index contributed by atoms with van der Waals surface area (Å²) >= 11 is 0. The van der Waals surface area contributed by atoms with Gasteiger partial charge in [0.05, 0.1) is 22.1 Å². The number of nitrogens with zero attached hydrogens (tertiary/aromatic N) is 5. The van der Waals surface area contributed by atoms with Crippen molar-refractivity contribution in [2.75, 3.05) is 4.90 Å². The SMILES string of the molecule is Cc1ccc(N(c2ccc([Si](c3ccccc3)(c3ccccc3)c3ccc(-c4nc5ccccc5n4-c4ccccc4)cc3)cc2)c2ccc([Si](c3ccccc3)(c3ccccc3)c3ccc(-c4nc5ccccc5n4-c4ccccc4)cc3)cc2)cc1. The number of rotatable bonds is 15. The summed E-state index contributed by atoms with van der Waals surface area (Å²) in [4.78, 5) is 12.9. The summed E-state index contributed by atoms with van der Waals surface area (Å²) in [5.74, 6) is 1.83. The van der Waals surface area contributed by atoms with Gasteiger partial charge in [-0.3, -0.25) is 9.13 Å². The number of hydrogen-bond acceptors (Lipinski definition) is 3. The molecule has 0 spiro atoms. The number of imidazole rings is 2. The lowest BCUT2D eigenvalue weighted by atomic mass is 10.1. The number of anilines is 3. The molecule has 2 aromatic heterocycles. The molecule has 0 fully saturated rings. The monoisotopic (exact) mass is 1160 g/mol. The standard InChI is InChI=1S/C81H61N5Si2/c1-60-40-46-65(47-41-60)84(66-48-56-74(57-49-66)87(68-28-12-4-13-29-68,69-30-14-5-15-31-69)72-52-42-61(43-53-72)80-82-76-36-20-22-38-78(76)85(80)63-24-8-2-9-25-63)67-50-58-75(59-51-67)88(70-32-16-6-17-33-70,71-34-18-7-19-35-71)73-54-44-62(45-55-73)81-83-77-37-21-23-39-79(77)86(81)64-26-10-3-11-27-64/h2-59H,1H3. The zero-order valence-electron chi connectivity index (χ0n) is 48.7. The maximum absolute atomic E-state index is 5.26. The van der Waals surface area contributed by atoms with Crippen LogP contribution < -0.4 is 46.4 Å². The summed E-state index contributed by atoms with van der Waals surface area (Å²) in [7, 11) is -5.96. The molecule has 0 aliphatic carbocycles. The van der Waals surface area contributed by atoms with Crippen LogP contribution in [-0.2, 0) is 0 Å². The van der Waals surface area contributed by atoms with Crippen LogP contribution in [0.4, 0.5) is 17.1 Å². The molecule has 0 aliphatic heterocycles. The number of aromatic nitrogens is 4. The Labute approximate surface area is 516 Å². The fraction of sp³-hybridized carbons (Fsp3) is 0.0123. The Morgan fingerprint density at radius 1 is 0.250 bits per heavy atom. The topological polar surface area (TPSA) is 38.9 Å². The Hall–Kier alpha value is -11.0. The van der Waals surface area contributed by atoms with Gasteiger partial charge in [0.25, 0.3) is 0 Å². The highest BCUT2D eigenvalue weighted by molar-refractivity contribution is 7.20. The molecule has 0 saturated carbocycles. The first kappa shape index (κ1) is 53.7. The summed E-state index contributed by atoms with van der Waals surface area (Å²) in [5, 5.41) is 10.4. The third-order valence-corrected chi connectivity index (χ3v) is 27.1. The lowest BCUT2D eigenvalue weighted by Crippen LogP contribution is -2.74. The van der Waals surface area contributed by atoms with Crippen molar-refractivity contribution in [3.63, 3.8) is 0 Å². The number of benzene rings is 13. The van der Waals surface area contributed by atoms with Crippen molar-refractivity contribution in [1.82, 2.24) is 19.1 Å². The van der Waals surface area contributed by atoms with Crippen molar-refractivity contribution in [3.8, 4) is 34.2 Å². The van der Waals surface area contributed by atoms with Crippen LogP contribution in [0.1, 0.15) is 5.56 Å². The van der Waals surface area contributed by atoms with E-state index in [1.54, 1.807) is 0 Å². The molecule has 7 heteroatoms. The fourth-order valence-corrected chi connectivity index (χ4v) is 22.9. The van der Waals surface area contributed by atoms with Crippen LogP contribution in [0.15, 0.2) is 352 Å². The van der Waals surface area contributed by atoms with Gasteiger partial charge in [-0.25, -0.2) is 9.97 Å². The van der Waals surface area contributed by atoms with E-state index in [-0.39, 0.29) is 0 Å². The van der Waals surface area contributed by atoms with Gasteiger partial charge in [0.1, 0.15) is 11.6 Å². The van der Waals surface area contributed by atoms with E-state index in [4.69, 9.17) is 9.97 Å². The minimum atomic E-state index is -2.98. The van der Waals surface area contributed by atoms with E-state index in [2.05, 4.69) is 373 Å². The van der Waals surface area contributed by atoms with Crippen molar-refractivity contribution >= 4 is 96.8 Å². The second-order valence-corrected chi connectivity index (χ2v) is 30.2. The van der Waals surface area contributed by atoms with Crippen LogP contribution >= 0.6 is 0 Å². The van der Waals surface area contributed by atoms with Gasteiger partial charge in [0.15, 0.2) is 16.1 Å². The Balaban J connectivity index is 0.851. The third kappa shape index (κ3) is 9.41. The molecular formula is C81H61N5Si2. The van der Waals surface area contributed by atoms with Crippen LogP contribution in [0.25, 0.3) is 56.2 Å². The zero-order valence-corrected chi connectivity index (χ0v) is 50.7. The normalized spacial score (nSPS) is 11.7. The largest absolute Gasteiger partial charge is 0.311 e. The molecule has 0 atom stereocenters. The lowest BCUT2D eigenvalue weighted by molar-refractivity contribution is 1.10. The summed E-state index contributed by atoms with van der Waals surface area (Å²) in [6.07, 6.45) is 0. The average molecular weight is 1160 g/mol. The predicted octanol–water partition coefficient (Wildman–Crippen LogP) is 14.2. The maximum atomic E-state index is 5.26. The van der Waals surface area contributed by atoms with Crippen LogP contribution in [0, 0.1) is 6.92 Å². The van der Waals surface area contributed by atoms with E-state index < -0.39 is 16.1 Å². The summed E-state index contributed by atoms with van der Waals surface area (Å²) < 4.78 is 4.57. The smallest absolute Gasteiger partial charge is 0.179 e. The first-order valence-electron chi connectivity index (χ1n) is 30.1. The predicted molar refractivity (Wildman–Crippen MR) is 373 cm³/mol. The Morgan fingerprint density at radius 2 is 0.500 bits per heavy atom. The fourth-order valence-electron chi connectivity index (χ4n) is 13.5. The summed E-state index contributed by atoms with van der Waals surface area (Å²) in [6, 6.07) is 129. The van der Waals surface area contributed by atoms with Gasteiger partial charge in [-0.1, -0.05) is 272 Å². The van der Waals surface area contributed by atoms with Crippen molar-refractivity contribution < 1.29 is 0 Å². The number of para-hydroxylation sites is 6. The van der Waals surface area contributed by atoms with E-state index in [9.17, 15) is 0 Å². The van der Waals surface area contributed by atoms with Crippen LogP contribution in [0.2, 0.25) is 0 Å². The molecule has 0 radical (unpaired) electrons. The van der Waals surface area contributed by atoms with Crippen molar-refractivity contribution in [1.29, 1.82) is 0 Å². The van der Waals surface area contributed by atoms with E-state index >= 15 is 0 Å². The second-order valence-electron chi connectivity index (χ2n) is 22.6. The molecular weight excluding hydrogens is 1100 g/mol. The number of aryl methyl sites for hydroxylation is 1. The van der Waals surface area contributed by atoms with E-state index in [0.29, 0.717) is 0 Å². The van der Waals surface area contributed by atoms with Gasteiger partial charge in [0.2, 0.25) is 0 Å². The second kappa shape index (κ2) is 23.1. The van der Waals surface area contributed by atoms with E-state index in [0.717, 1.165) is 73.3 Å². The van der Waals surface area contributed by atoms with Gasteiger partial charge in [-0.2, -0.15) is 0 Å². The molecule has 418 valence electrons. The van der Waals surface area contributed by atoms with Crippen molar-refractivity contribution in [3.05, 3.63) is 357 Å². The Bertz CT molecular complexity index is 4480. The lowest BCUT2D eigenvalue weighted by Gasteiger charge is -2.35. The molecule has 5 nitrogen and oxygen atoms in total.